The maximum absolute atomic E-state index is 13.1. The number of hydrogen-bond acceptors (Lipinski definition) is 4. The summed E-state index contributed by atoms with van der Waals surface area (Å²) in [4.78, 5) is 41.4. The van der Waals surface area contributed by atoms with Crippen molar-refractivity contribution < 1.29 is 19.1 Å². The first-order chi connectivity index (χ1) is 14.3. The van der Waals surface area contributed by atoms with Gasteiger partial charge in [-0.15, -0.1) is 0 Å². The first kappa shape index (κ1) is 21.4. The summed E-state index contributed by atoms with van der Waals surface area (Å²) in [5, 5.41) is 2.75. The van der Waals surface area contributed by atoms with Gasteiger partial charge in [0.15, 0.2) is 0 Å². The topological polar surface area (TPSA) is 79.0 Å². The number of ether oxygens (including phenoxy) is 1. The van der Waals surface area contributed by atoms with Crippen molar-refractivity contribution in [2.45, 2.75) is 38.8 Å². The molecule has 3 rings (SSSR count). The van der Waals surface area contributed by atoms with Crippen LogP contribution in [0.15, 0.2) is 54.6 Å². The Labute approximate surface area is 176 Å². The van der Waals surface area contributed by atoms with Crippen LogP contribution >= 0.6 is 0 Å². The molecule has 1 atom stereocenters. The van der Waals surface area contributed by atoms with Crippen molar-refractivity contribution in [3.63, 3.8) is 0 Å². The zero-order chi connectivity index (χ0) is 21.9. The number of imide groups is 1. The van der Waals surface area contributed by atoms with Gasteiger partial charge in [-0.3, -0.25) is 14.5 Å². The number of anilines is 1. The number of nitrogens with one attached hydrogen (secondary N) is 1. The lowest BCUT2D eigenvalue weighted by atomic mass is 9.92. The smallest absolute Gasteiger partial charge is 0.325 e. The number of methoxy groups -OCH3 is 1. The molecule has 0 spiro atoms. The minimum absolute atomic E-state index is 0.124. The van der Waals surface area contributed by atoms with E-state index < -0.39 is 17.5 Å². The first-order valence-electron chi connectivity index (χ1n) is 9.90. The Morgan fingerprint density at radius 2 is 1.73 bits per heavy atom. The number of benzene rings is 2. The monoisotopic (exact) mass is 409 g/mol. The standard InChI is InChI=1S/C23H27N3O4/c1-16(2)26(18-11-6-5-7-12-18)20(27)15-25-21(28)23(3,24-22(25)29)14-17-10-8-9-13-19(17)30-4/h5-13,16H,14-15H2,1-4H3,(H,24,29)/t23-/m0/s1. The van der Waals surface area contributed by atoms with Crippen molar-refractivity contribution in [3.05, 3.63) is 60.2 Å². The maximum Gasteiger partial charge on any atom is 0.325 e. The highest BCUT2D eigenvalue weighted by Gasteiger charge is 2.49. The summed E-state index contributed by atoms with van der Waals surface area (Å²) in [5.41, 5.74) is 0.375. The van der Waals surface area contributed by atoms with Crippen molar-refractivity contribution >= 4 is 23.5 Å². The highest BCUT2D eigenvalue weighted by molar-refractivity contribution is 6.10. The van der Waals surface area contributed by atoms with Crippen LogP contribution in [-0.4, -0.2) is 48.0 Å². The Morgan fingerprint density at radius 3 is 2.37 bits per heavy atom. The zero-order valence-electron chi connectivity index (χ0n) is 17.7. The van der Waals surface area contributed by atoms with Crippen molar-refractivity contribution in [1.82, 2.24) is 10.2 Å². The third-order valence-electron chi connectivity index (χ3n) is 5.19. The number of para-hydroxylation sites is 2. The number of urea groups is 1. The second-order valence-corrected chi connectivity index (χ2v) is 7.84. The lowest BCUT2D eigenvalue weighted by molar-refractivity contribution is -0.134. The van der Waals surface area contributed by atoms with Gasteiger partial charge in [-0.1, -0.05) is 36.4 Å². The third-order valence-corrected chi connectivity index (χ3v) is 5.19. The Bertz CT molecular complexity index is 944. The van der Waals surface area contributed by atoms with E-state index in [-0.39, 0.29) is 24.9 Å². The molecule has 1 saturated heterocycles. The highest BCUT2D eigenvalue weighted by Crippen LogP contribution is 2.28. The number of rotatable bonds is 7. The SMILES string of the molecule is COc1ccccc1C[C@]1(C)NC(=O)N(CC(=O)N(c2ccccc2)C(C)C)C1=O. The van der Waals surface area contributed by atoms with E-state index in [9.17, 15) is 14.4 Å². The molecular weight excluding hydrogens is 382 g/mol. The summed E-state index contributed by atoms with van der Waals surface area (Å²) in [7, 11) is 1.56. The molecule has 158 valence electrons. The average molecular weight is 409 g/mol. The maximum atomic E-state index is 13.1. The van der Waals surface area contributed by atoms with Crippen molar-refractivity contribution in [3.8, 4) is 5.75 Å². The van der Waals surface area contributed by atoms with E-state index in [2.05, 4.69) is 5.32 Å². The van der Waals surface area contributed by atoms with E-state index in [4.69, 9.17) is 4.74 Å². The van der Waals surface area contributed by atoms with Gasteiger partial charge in [0.25, 0.3) is 5.91 Å². The molecule has 0 bridgehead atoms. The summed E-state index contributed by atoms with van der Waals surface area (Å²) in [5.74, 6) is -0.102. The van der Waals surface area contributed by atoms with Crippen molar-refractivity contribution in [1.29, 1.82) is 0 Å². The van der Waals surface area contributed by atoms with Crippen LogP contribution in [0.5, 0.6) is 5.75 Å². The van der Waals surface area contributed by atoms with Crippen LogP contribution in [0.1, 0.15) is 26.3 Å². The van der Waals surface area contributed by atoms with E-state index >= 15 is 0 Å². The Hall–Kier alpha value is -3.35. The molecule has 0 aromatic heterocycles. The second-order valence-electron chi connectivity index (χ2n) is 7.84. The molecule has 1 N–H and O–H groups in total. The number of nitrogens with zero attached hydrogens (tertiary/aromatic N) is 2. The third kappa shape index (κ3) is 4.15. The van der Waals surface area contributed by atoms with Gasteiger partial charge in [0.2, 0.25) is 5.91 Å². The molecule has 1 aliphatic rings. The van der Waals surface area contributed by atoms with Gasteiger partial charge < -0.3 is 15.0 Å². The molecule has 0 unspecified atom stereocenters. The molecule has 0 aliphatic carbocycles. The van der Waals surface area contributed by atoms with Gasteiger partial charge in [-0.25, -0.2) is 4.79 Å². The molecule has 1 aliphatic heterocycles. The number of carbonyl (C=O) groups is 3. The average Bonchev–Trinajstić information content (AvgIpc) is 2.92. The van der Waals surface area contributed by atoms with Gasteiger partial charge in [-0.05, 0) is 44.5 Å². The predicted octanol–water partition coefficient (Wildman–Crippen LogP) is 2.99. The van der Waals surface area contributed by atoms with E-state index in [0.29, 0.717) is 5.75 Å². The Balaban J connectivity index is 1.79. The van der Waals surface area contributed by atoms with E-state index in [1.54, 1.807) is 18.9 Å². The molecule has 2 aromatic rings. The molecule has 0 radical (unpaired) electrons. The van der Waals surface area contributed by atoms with Gasteiger partial charge in [0.1, 0.15) is 17.8 Å². The highest BCUT2D eigenvalue weighted by atomic mass is 16.5. The summed E-state index contributed by atoms with van der Waals surface area (Å²) in [6, 6.07) is 15.9. The lowest BCUT2D eigenvalue weighted by Crippen LogP contribution is -2.48. The minimum Gasteiger partial charge on any atom is -0.496 e. The molecule has 7 heteroatoms. The van der Waals surface area contributed by atoms with Crippen LogP contribution < -0.4 is 15.0 Å². The summed E-state index contributed by atoms with van der Waals surface area (Å²) in [6.07, 6.45) is 0.263. The fourth-order valence-electron chi connectivity index (χ4n) is 3.77. The van der Waals surface area contributed by atoms with Gasteiger partial charge >= 0.3 is 6.03 Å². The Kier molecular flexibility index (Phi) is 6.10. The minimum atomic E-state index is -1.15. The van der Waals surface area contributed by atoms with E-state index in [0.717, 1.165) is 16.2 Å². The van der Waals surface area contributed by atoms with Crippen LogP contribution in [0.4, 0.5) is 10.5 Å². The number of amides is 4. The van der Waals surface area contributed by atoms with E-state index in [1.807, 2.05) is 68.4 Å². The molecule has 7 nitrogen and oxygen atoms in total. The number of hydrogen-bond donors (Lipinski definition) is 1. The molecule has 1 heterocycles. The van der Waals surface area contributed by atoms with Crippen LogP contribution in [0, 0.1) is 0 Å². The molecule has 4 amide bonds. The van der Waals surface area contributed by atoms with Crippen LogP contribution in [0.3, 0.4) is 0 Å². The predicted molar refractivity (Wildman–Crippen MR) is 114 cm³/mol. The molecule has 30 heavy (non-hydrogen) atoms. The van der Waals surface area contributed by atoms with Crippen LogP contribution in [-0.2, 0) is 16.0 Å². The summed E-state index contributed by atoms with van der Waals surface area (Å²) >= 11 is 0. The van der Waals surface area contributed by atoms with Gasteiger partial charge in [-0.2, -0.15) is 0 Å². The summed E-state index contributed by atoms with van der Waals surface area (Å²) in [6.45, 7) is 5.13. The van der Waals surface area contributed by atoms with Crippen molar-refractivity contribution in [2.75, 3.05) is 18.6 Å². The van der Waals surface area contributed by atoms with Crippen LogP contribution in [0.2, 0.25) is 0 Å². The fourth-order valence-corrected chi connectivity index (χ4v) is 3.77. The van der Waals surface area contributed by atoms with Crippen molar-refractivity contribution in [2.24, 2.45) is 0 Å². The molecule has 1 fully saturated rings. The molecule has 2 aromatic carbocycles. The molecule has 0 saturated carbocycles. The van der Waals surface area contributed by atoms with Gasteiger partial charge in [0, 0.05) is 18.2 Å². The lowest BCUT2D eigenvalue weighted by Gasteiger charge is -2.28. The van der Waals surface area contributed by atoms with E-state index in [1.165, 1.54) is 0 Å². The van der Waals surface area contributed by atoms with Gasteiger partial charge in [0.05, 0.1) is 7.11 Å². The van der Waals surface area contributed by atoms with Crippen LogP contribution in [0.25, 0.3) is 0 Å². The molecular formula is C23H27N3O4. The zero-order valence-corrected chi connectivity index (χ0v) is 17.7. The first-order valence-corrected chi connectivity index (χ1v) is 9.90. The number of carbonyl (C=O) groups excluding carboxylic acids is 3. The second kappa shape index (κ2) is 8.57. The normalized spacial score (nSPS) is 18.5. The summed E-state index contributed by atoms with van der Waals surface area (Å²) < 4.78 is 5.36. The fraction of sp³-hybridized carbons (Fsp3) is 0.348. The Morgan fingerprint density at radius 1 is 1.10 bits per heavy atom. The quantitative estimate of drug-likeness (QED) is 0.713. The largest absolute Gasteiger partial charge is 0.496 e.